The van der Waals surface area contributed by atoms with Crippen molar-refractivity contribution in [3.05, 3.63) is 74.5 Å². The molecule has 14 heteroatoms. The van der Waals surface area contributed by atoms with Gasteiger partial charge in [-0.2, -0.15) is 5.26 Å². The Morgan fingerprint density at radius 2 is 1.71 bits per heavy atom. The molecule has 0 bridgehead atoms. The van der Waals surface area contributed by atoms with Crippen LogP contribution in [-0.2, 0) is 30.5 Å². The van der Waals surface area contributed by atoms with Crippen molar-refractivity contribution in [1.29, 1.82) is 5.26 Å². The molecular formula is C35H45BrClN3O7S2. The molecule has 0 amide bonds. The van der Waals surface area contributed by atoms with Crippen molar-refractivity contribution in [3.63, 3.8) is 0 Å². The Hall–Kier alpha value is -3.05. The summed E-state index contributed by atoms with van der Waals surface area (Å²) >= 11 is 3.65. The van der Waals surface area contributed by atoms with Crippen LogP contribution in [0.3, 0.4) is 0 Å². The summed E-state index contributed by atoms with van der Waals surface area (Å²) in [7, 11) is -1.87. The number of halogens is 2. The van der Waals surface area contributed by atoms with E-state index in [1.54, 1.807) is 19.1 Å². The van der Waals surface area contributed by atoms with Gasteiger partial charge in [0.25, 0.3) is 0 Å². The van der Waals surface area contributed by atoms with Crippen LogP contribution in [0.2, 0.25) is 0 Å². The molecular weight excluding hydrogens is 754 g/mol. The van der Waals surface area contributed by atoms with E-state index in [-0.39, 0.29) is 23.9 Å². The molecule has 2 aromatic carbocycles. The Labute approximate surface area is 303 Å². The smallest absolute Gasteiger partial charge is 0.232 e. The second-order valence-electron chi connectivity index (χ2n) is 12.0. The summed E-state index contributed by atoms with van der Waals surface area (Å²) in [4.78, 5) is 13.5. The molecule has 2 unspecified atom stereocenters. The molecule has 0 fully saturated rings. The summed E-state index contributed by atoms with van der Waals surface area (Å²) in [5, 5.41) is 13.5. The fourth-order valence-corrected chi connectivity index (χ4v) is 8.70. The Morgan fingerprint density at radius 3 is 2.31 bits per heavy atom. The molecule has 0 aromatic heterocycles. The van der Waals surface area contributed by atoms with Crippen molar-refractivity contribution >= 4 is 57.2 Å². The number of nitriles is 1. The minimum Gasteiger partial charge on any atom is -0.490 e. The molecule has 4 rings (SSSR count). The molecule has 1 aliphatic carbocycles. The van der Waals surface area contributed by atoms with Crippen molar-refractivity contribution in [1.82, 2.24) is 5.32 Å². The highest BCUT2D eigenvalue weighted by Gasteiger charge is 2.39. The number of nitrogens with one attached hydrogen (secondary N) is 2. The number of ether oxygens (including phenoxy) is 2. The molecule has 268 valence electrons. The van der Waals surface area contributed by atoms with E-state index in [9.17, 15) is 26.9 Å². The minimum atomic E-state index is -3.47. The number of nitrogens with zero attached hydrogens (tertiary/aromatic N) is 1. The molecule has 1 heterocycles. The number of Topliss-reactive ketones (excluding diaryl/α,β-unsaturated/α-hetero) is 1. The van der Waals surface area contributed by atoms with Crippen LogP contribution in [0.4, 0.5) is 5.69 Å². The molecule has 2 aliphatic rings. The predicted octanol–water partition coefficient (Wildman–Crippen LogP) is 8.06. The maximum Gasteiger partial charge on any atom is 0.232 e. The molecule has 1 aliphatic heterocycles. The maximum atomic E-state index is 13.5. The number of anilines is 1. The van der Waals surface area contributed by atoms with Crippen LogP contribution in [0, 0.1) is 17.2 Å². The molecule has 10 nitrogen and oxygen atoms in total. The third kappa shape index (κ3) is 11.2. The molecule has 2 aromatic rings. The van der Waals surface area contributed by atoms with E-state index in [4.69, 9.17) is 20.2 Å². The number of para-hydroxylation sites is 1. The van der Waals surface area contributed by atoms with Gasteiger partial charge in [0.15, 0.2) is 17.3 Å². The zero-order valence-corrected chi connectivity index (χ0v) is 32.5. The topological polar surface area (TPSA) is 152 Å². The summed E-state index contributed by atoms with van der Waals surface area (Å²) < 4.78 is 60.3. The molecule has 0 spiro atoms. The fraction of sp³-hybridized carbons (Fsp3) is 0.486. The number of ketones is 1. The number of hydrogen-bond acceptors (Lipinski definition) is 9. The fourth-order valence-electron chi connectivity index (χ4n) is 6.00. The Morgan fingerprint density at radius 1 is 1.02 bits per heavy atom. The standard InChI is InChI=1S/C32H38BrN3O5S.C3H7ClO2S/c1-5-10-21-14-27-31(28(37)15-21)30(24(18-34)20(4)35-27)23-16-25(33)32(29(17-23)40-7-3)41-19-22-11-8-9-12-26(22)36-42(38,39)13-6-2;1-2-3-7(4,5)6/h8-9,11-12,16-17,21,30,35-36H,5-7,10,13-15,19H2,1-4H3;2-3H2,1H3. The average molecular weight is 799 g/mol. The lowest BCUT2D eigenvalue weighted by atomic mass is 9.72. The van der Waals surface area contributed by atoms with Gasteiger partial charge in [0.05, 0.1) is 45.8 Å². The predicted molar refractivity (Wildman–Crippen MR) is 198 cm³/mol. The number of benzene rings is 2. The van der Waals surface area contributed by atoms with Crippen LogP contribution >= 0.6 is 26.6 Å². The molecule has 0 saturated heterocycles. The van der Waals surface area contributed by atoms with E-state index >= 15 is 0 Å². The van der Waals surface area contributed by atoms with Crippen molar-refractivity contribution in [3.8, 4) is 17.6 Å². The zero-order valence-electron chi connectivity index (χ0n) is 28.6. The van der Waals surface area contributed by atoms with Gasteiger partial charge in [-0.3, -0.25) is 9.52 Å². The summed E-state index contributed by atoms with van der Waals surface area (Å²) in [5.41, 5.74) is 4.71. The van der Waals surface area contributed by atoms with Crippen LogP contribution in [0.15, 0.2) is 63.4 Å². The van der Waals surface area contributed by atoms with Crippen LogP contribution in [0.5, 0.6) is 11.5 Å². The first kappa shape index (κ1) is 40.4. The third-order valence-electron chi connectivity index (χ3n) is 7.97. The lowest BCUT2D eigenvalue weighted by molar-refractivity contribution is -0.117. The summed E-state index contributed by atoms with van der Waals surface area (Å²) in [6, 6.07) is 13.2. The Balaban J connectivity index is 0.000000838. The summed E-state index contributed by atoms with van der Waals surface area (Å²) in [5.74, 6) is 0.874. The highest BCUT2D eigenvalue weighted by molar-refractivity contribution is 9.10. The van der Waals surface area contributed by atoms with Gasteiger partial charge in [0.1, 0.15) is 6.61 Å². The van der Waals surface area contributed by atoms with Crippen LogP contribution in [0.1, 0.15) is 90.2 Å². The van der Waals surface area contributed by atoms with E-state index in [0.717, 1.165) is 36.2 Å². The van der Waals surface area contributed by atoms with E-state index in [2.05, 4.69) is 39.0 Å². The summed E-state index contributed by atoms with van der Waals surface area (Å²) in [6.07, 6.45) is 4.36. The van der Waals surface area contributed by atoms with Gasteiger partial charge in [0, 0.05) is 39.6 Å². The number of rotatable bonds is 14. The normalized spacial score (nSPS) is 17.7. The third-order valence-corrected chi connectivity index (χ3v) is 11.4. The van der Waals surface area contributed by atoms with Crippen LogP contribution < -0.4 is 19.5 Å². The van der Waals surface area contributed by atoms with E-state index in [1.165, 1.54) is 0 Å². The first-order valence-electron chi connectivity index (χ1n) is 16.4. The molecule has 2 N–H and O–H groups in total. The molecule has 0 saturated carbocycles. The van der Waals surface area contributed by atoms with Crippen LogP contribution in [0.25, 0.3) is 0 Å². The zero-order chi connectivity index (χ0) is 36.4. The molecule has 2 atom stereocenters. The first-order valence-corrected chi connectivity index (χ1v) is 21.3. The van der Waals surface area contributed by atoms with E-state index in [0.29, 0.717) is 70.2 Å². The number of hydrogen-bond donors (Lipinski definition) is 2. The maximum absolute atomic E-state index is 13.5. The Bertz CT molecular complexity index is 1840. The van der Waals surface area contributed by atoms with Crippen LogP contribution in [-0.4, -0.2) is 40.7 Å². The van der Waals surface area contributed by atoms with Gasteiger partial charge >= 0.3 is 0 Å². The van der Waals surface area contributed by atoms with Crippen molar-refractivity contribution in [2.75, 3.05) is 22.8 Å². The number of carbonyl (C=O) groups excluding carboxylic acids is 1. The van der Waals surface area contributed by atoms with Crippen molar-refractivity contribution in [2.24, 2.45) is 5.92 Å². The lowest BCUT2D eigenvalue weighted by Gasteiger charge is -2.35. The van der Waals surface area contributed by atoms with Gasteiger partial charge in [-0.15, -0.1) is 0 Å². The van der Waals surface area contributed by atoms with Gasteiger partial charge < -0.3 is 14.8 Å². The monoisotopic (exact) mass is 797 g/mol. The highest BCUT2D eigenvalue weighted by Crippen LogP contribution is 2.47. The van der Waals surface area contributed by atoms with E-state index in [1.807, 2.05) is 45.0 Å². The van der Waals surface area contributed by atoms with Gasteiger partial charge in [-0.1, -0.05) is 45.4 Å². The number of allylic oxidation sites excluding steroid dienone is 4. The summed E-state index contributed by atoms with van der Waals surface area (Å²) in [6.45, 7) is 9.92. The second-order valence-corrected chi connectivity index (χ2v) is 17.6. The van der Waals surface area contributed by atoms with Crippen molar-refractivity contribution < 1.29 is 31.1 Å². The minimum absolute atomic E-state index is 0.0267. The molecule has 0 radical (unpaired) electrons. The Kier molecular flexibility index (Phi) is 15.1. The lowest BCUT2D eigenvalue weighted by Crippen LogP contribution is -2.34. The number of carbonyl (C=O) groups is 1. The molecule has 49 heavy (non-hydrogen) atoms. The van der Waals surface area contributed by atoms with E-state index < -0.39 is 25.0 Å². The SMILES string of the molecule is CCCC1CC(=O)C2=C(C1)NC(C)=C(C#N)C2c1cc(Br)c(OCc2ccccc2NS(=O)(=O)CCC)c(OCC)c1.CCCS(=O)(=O)Cl. The van der Waals surface area contributed by atoms with Crippen molar-refractivity contribution in [2.45, 2.75) is 85.7 Å². The van der Waals surface area contributed by atoms with Gasteiger partial charge in [0.2, 0.25) is 19.1 Å². The van der Waals surface area contributed by atoms with Gasteiger partial charge in [-0.05, 0) is 85.1 Å². The first-order chi connectivity index (χ1) is 23.2. The second kappa shape index (κ2) is 18.3. The number of dihydropyridines is 1. The van der Waals surface area contributed by atoms with Gasteiger partial charge in [-0.25, -0.2) is 16.8 Å². The largest absolute Gasteiger partial charge is 0.490 e. The highest BCUT2D eigenvalue weighted by atomic mass is 79.9. The number of sulfonamides is 1. The quantitative estimate of drug-likeness (QED) is 0.181. The average Bonchev–Trinajstić information content (AvgIpc) is 3.00.